The second-order valence-electron chi connectivity index (χ2n) is 3.96. The quantitative estimate of drug-likeness (QED) is 0.633. The molecule has 0 aliphatic heterocycles. The number of aromatic amines is 1. The topological polar surface area (TPSA) is 92.3 Å². The fraction of sp³-hybridized carbons (Fsp3) is 0.231. The van der Waals surface area contributed by atoms with E-state index in [1.54, 1.807) is 13.1 Å². The number of hydrazone groups is 1. The maximum Gasteiger partial charge on any atom is 0.274 e. The van der Waals surface area contributed by atoms with Crippen molar-refractivity contribution in [2.75, 3.05) is 12.0 Å². The molecule has 0 unspecified atom stereocenters. The van der Waals surface area contributed by atoms with E-state index in [2.05, 4.69) is 25.7 Å². The Morgan fingerprint density at radius 1 is 1.35 bits per heavy atom. The van der Waals surface area contributed by atoms with Crippen molar-refractivity contribution in [3.8, 4) is 5.75 Å². The van der Waals surface area contributed by atoms with E-state index < -0.39 is 0 Å². The van der Waals surface area contributed by atoms with Crippen LogP contribution in [0.5, 0.6) is 5.75 Å². The van der Waals surface area contributed by atoms with Crippen molar-refractivity contribution in [1.82, 2.24) is 15.2 Å². The van der Waals surface area contributed by atoms with Crippen LogP contribution in [-0.2, 0) is 0 Å². The molecule has 0 amide bonds. The van der Waals surface area contributed by atoms with E-state index in [4.69, 9.17) is 4.74 Å². The van der Waals surface area contributed by atoms with Crippen molar-refractivity contribution < 1.29 is 4.74 Å². The lowest BCUT2D eigenvalue weighted by molar-refractivity contribution is 0.340. The number of anilines is 1. The fourth-order valence-electron chi connectivity index (χ4n) is 1.43. The summed E-state index contributed by atoms with van der Waals surface area (Å²) < 4.78 is 5.34. The average molecular weight is 273 g/mol. The third-order valence-electron chi connectivity index (χ3n) is 2.44. The second-order valence-corrected chi connectivity index (χ2v) is 3.96. The van der Waals surface area contributed by atoms with Crippen LogP contribution in [0.4, 0.5) is 5.95 Å². The van der Waals surface area contributed by atoms with Crippen molar-refractivity contribution in [1.29, 1.82) is 0 Å². The zero-order chi connectivity index (χ0) is 14.4. The summed E-state index contributed by atoms with van der Waals surface area (Å²) in [6, 6.07) is 7.47. The Bertz CT molecular complexity index is 649. The fourth-order valence-corrected chi connectivity index (χ4v) is 1.43. The largest absolute Gasteiger partial charge is 0.494 e. The molecule has 2 rings (SSSR count). The summed E-state index contributed by atoms with van der Waals surface area (Å²) in [7, 11) is 0. The van der Waals surface area contributed by atoms with Gasteiger partial charge in [-0.3, -0.25) is 9.78 Å². The first-order valence-electron chi connectivity index (χ1n) is 6.14. The highest BCUT2D eigenvalue weighted by molar-refractivity contribution is 5.80. The molecule has 0 fully saturated rings. The molecule has 7 nitrogen and oxygen atoms in total. The lowest BCUT2D eigenvalue weighted by Crippen LogP contribution is -2.15. The molecule has 0 atom stereocenters. The molecule has 0 saturated heterocycles. The zero-order valence-electron chi connectivity index (χ0n) is 11.3. The molecule has 2 N–H and O–H groups in total. The summed E-state index contributed by atoms with van der Waals surface area (Å²) in [6.07, 6.45) is 1.61. The van der Waals surface area contributed by atoms with E-state index in [1.165, 1.54) is 0 Å². The van der Waals surface area contributed by atoms with E-state index in [1.807, 2.05) is 31.2 Å². The van der Waals surface area contributed by atoms with E-state index in [0.29, 0.717) is 12.3 Å². The molecule has 20 heavy (non-hydrogen) atoms. The number of nitrogens with one attached hydrogen (secondary N) is 2. The van der Waals surface area contributed by atoms with Crippen LogP contribution in [0.2, 0.25) is 0 Å². The number of hydrogen-bond acceptors (Lipinski definition) is 6. The van der Waals surface area contributed by atoms with Gasteiger partial charge >= 0.3 is 0 Å². The number of aromatic nitrogens is 3. The lowest BCUT2D eigenvalue weighted by Gasteiger charge is -2.02. The predicted molar refractivity (Wildman–Crippen MR) is 76.2 cm³/mol. The van der Waals surface area contributed by atoms with Gasteiger partial charge in [-0.05, 0) is 43.7 Å². The van der Waals surface area contributed by atoms with Gasteiger partial charge in [-0.15, -0.1) is 10.2 Å². The van der Waals surface area contributed by atoms with Crippen LogP contribution < -0.4 is 15.7 Å². The molecule has 0 aliphatic rings. The number of ether oxygens (including phenoxy) is 1. The molecule has 104 valence electrons. The molecule has 0 radical (unpaired) electrons. The van der Waals surface area contributed by atoms with Crippen molar-refractivity contribution in [3.05, 3.63) is 45.9 Å². The highest BCUT2D eigenvalue weighted by Gasteiger charge is 1.97. The molecular formula is C13H15N5O2. The average Bonchev–Trinajstić information content (AvgIpc) is 2.45. The van der Waals surface area contributed by atoms with Crippen LogP contribution in [0.1, 0.15) is 18.2 Å². The predicted octanol–water partition coefficient (Wildman–Crippen LogP) is 1.32. The molecule has 0 saturated carbocycles. The number of benzene rings is 1. The molecule has 0 spiro atoms. The van der Waals surface area contributed by atoms with Crippen molar-refractivity contribution in [2.24, 2.45) is 5.10 Å². The Balaban J connectivity index is 1.98. The molecule has 2 aromatic rings. The summed E-state index contributed by atoms with van der Waals surface area (Å²) in [5.74, 6) is 1.01. The Hall–Kier alpha value is -2.70. The third-order valence-corrected chi connectivity index (χ3v) is 2.44. The number of nitrogens with zero attached hydrogens (tertiary/aromatic N) is 3. The summed E-state index contributed by atoms with van der Waals surface area (Å²) in [4.78, 5) is 13.8. The van der Waals surface area contributed by atoms with Gasteiger partial charge in [-0.1, -0.05) is 0 Å². The Kier molecular flexibility index (Phi) is 4.43. The highest BCUT2D eigenvalue weighted by Crippen LogP contribution is 2.10. The monoisotopic (exact) mass is 273 g/mol. The smallest absolute Gasteiger partial charge is 0.274 e. The summed E-state index contributed by atoms with van der Waals surface area (Å²) >= 11 is 0. The van der Waals surface area contributed by atoms with Crippen LogP contribution in [0.3, 0.4) is 0 Å². The minimum Gasteiger partial charge on any atom is -0.494 e. The maximum absolute atomic E-state index is 11.3. The molecule has 0 bridgehead atoms. The molecule has 1 aromatic carbocycles. The van der Waals surface area contributed by atoms with E-state index in [9.17, 15) is 4.79 Å². The van der Waals surface area contributed by atoms with E-state index in [0.717, 1.165) is 11.3 Å². The maximum atomic E-state index is 11.3. The number of rotatable bonds is 5. The normalized spacial score (nSPS) is 10.7. The van der Waals surface area contributed by atoms with Gasteiger partial charge in [0.15, 0.2) is 0 Å². The lowest BCUT2D eigenvalue weighted by atomic mass is 10.2. The SMILES string of the molecule is CCOc1ccc(/C=N\Nc2nnc(C)c(=O)[nH]2)cc1. The van der Waals surface area contributed by atoms with Gasteiger partial charge in [-0.25, -0.2) is 5.43 Å². The van der Waals surface area contributed by atoms with E-state index >= 15 is 0 Å². The van der Waals surface area contributed by atoms with Crippen molar-refractivity contribution >= 4 is 12.2 Å². The summed E-state index contributed by atoms with van der Waals surface area (Å²) in [5.41, 5.74) is 3.52. The molecule has 0 aliphatic carbocycles. The second kappa shape index (κ2) is 6.46. The van der Waals surface area contributed by atoms with Gasteiger partial charge in [0.05, 0.1) is 12.8 Å². The van der Waals surface area contributed by atoms with Crippen molar-refractivity contribution in [2.45, 2.75) is 13.8 Å². The number of aryl methyl sites for hydroxylation is 1. The minimum atomic E-state index is -0.293. The number of H-pyrrole nitrogens is 1. The highest BCUT2D eigenvalue weighted by atomic mass is 16.5. The van der Waals surface area contributed by atoms with Crippen LogP contribution in [-0.4, -0.2) is 28.0 Å². The van der Waals surface area contributed by atoms with Gasteiger partial charge in [-0.2, -0.15) is 5.10 Å². The van der Waals surface area contributed by atoms with Crippen LogP contribution in [0.25, 0.3) is 0 Å². The van der Waals surface area contributed by atoms with Gasteiger partial charge < -0.3 is 4.74 Å². The van der Waals surface area contributed by atoms with Crippen LogP contribution in [0, 0.1) is 6.92 Å². The Labute approximate surface area is 115 Å². The van der Waals surface area contributed by atoms with Crippen LogP contribution >= 0.6 is 0 Å². The van der Waals surface area contributed by atoms with Gasteiger partial charge in [0.25, 0.3) is 5.56 Å². The Morgan fingerprint density at radius 2 is 2.10 bits per heavy atom. The van der Waals surface area contributed by atoms with Gasteiger partial charge in [0.1, 0.15) is 11.4 Å². The molecular weight excluding hydrogens is 258 g/mol. The third kappa shape index (κ3) is 3.64. The van der Waals surface area contributed by atoms with Crippen LogP contribution in [0.15, 0.2) is 34.2 Å². The van der Waals surface area contributed by atoms with E-state index in [-0.39, 0.29) is 11.5 Å². The first-order chi connectivity index (χ1) is 9.69. The first-order valence-corrected chi connectivity index (χ1v) is 6.14. The first kappa shape index (κ1) is 13.7. The standard InChI is InChI=1S/C13H15N5O2/c1-3-20-11-6-4-10(5-7-11)8-14-17-13-15-12(19)9(2)16-18-13/h4-8H,3H2,1-2H3,(H2,15,17,18,19)/b14-8-. The summed E-state index contributed by atoms with van der Waals surface area (Å²) in [5, 5.41) is 11.4. The van der Waals surface area contributed by atoms with Crippen molar-refractivity contribution in [3.63, 3.8) is 0 Å². The van der Waals surface area contributed by atoms with Gasteiger partial charge in [0.2, 0.25) is 5.95 Å². The number of hydrogen-bond donors (Lipinski definition) is 2. The summed E-state index contributed by atoms with van der Waals surface area (Å²) in [6.45, 7) is 4.15. The molecule has 1 aromatic heterocycles. The minimum absolute atomic E-state index is 0.197. The van der Waals surface area contributed by atoms with Gasteiger partial charge in [0, 0.05) is 0 Å². The Morgan fingerprint density at radius 3 is 2.75 bits per heavy atom. The zero-order valence-corrected chi connectivity index (χ0v) is 11.3. The molecule has 7 heteroatoms. The molecule has 1 heterocycles.